The minimum absolute atomic E-state index is 0.168. The lowest BCUT2D eigenvalue weighted by molar-refractivity contribution is 0.591. The fourth-order valence-corrected chi connectivity index (χ4v) is 2.33. The molecule has 0 N–H and O–H groups in total. The van der Waals surface area contributed by atoms with Crippen molar-refractivity contribution in [1.29, 1.82) is 0 Å². The zero-order valence-electron chi connectivity index (χ0n) is 11.1. The quantitative estimate of drug-likeness (QED) is 0.515. The summed E-state index contributed by atoms with van der Waals surface area (Å²) in [6.45, 7) is 6.69. The van der Waals surface area contributed by atoms with E-state index in [9.17, 15) is 0 Å². The fourth-order valence-electron chi connectivity index (χ4n) is 2.33. The highest BCUT2D eigenvalue weighted by atomic mass is 14.6. The van der Waals surface area contributed by atoms with Gasteiger partial charge < -0.3 is 0 Å². The lowest BCUT2D eigenvalue weighted by Gasteiger charge is -2.19. The second kappa shape index (κ2) is 3.81. The Morgan fingerprint density at radius 2 is 1.67 bits per heavy atom. The predicted molar refractivity (Wildman–Crippen MR) is 77.9 cm³/mol. The Bertz CT molecular complexity index is 720. The highest BCUT2D eigenvalue weighted by Gasteiger charge is 2.14. The van der Waals surface area contributed by atoms with Crippen molar-refractivity contribution in [2.24, 2.45) is 0 Å². The minimum Gasteiger partial charge on any atom is -0.256 e. The molecule has 90 valence electrons. The van der Waals surface area contributed by atoms with Crippen molar-refractivity contribution in [2.75, 3.05) is 0 Å². The molecule has 0 aliphatic carbocycles. The molecule has 3 rings (SSSR count). The summed E-state index contributed by atoms with van der Waals surface area (Å²) < 4.78 is 0. The number of rotatable bonds is 0. The van der Waals surface area contributed by atoms with Crippen LogP contribution < -0.4 is 0 Å². The molecule has 0 aliphatic heterocycles. The van der Waals surface area contributed by atoms with Crippen LogP contribution in [0.3, 0.4) is 0 Å². The van der Waals surface area contributed by atoms with Gasteiger partial charge in [0, 0.05) is 17.0 Å². The van der Waals surface area contributed by atoms with Gasteiger partial charge in [0.25, 0.3) is 0 Å². The molecule has 0 amide bonds. The Balaban J connectivity index is 2.35. The third-order valence-electron chi connectivity index (χ3n) is 3.46. The Morgan fingerprint density at radius 1 is 0.889 bits per heavy atom. The second-order valence-electron chi connectivity index (χ2n) is 5.83. The van der Waals surface area contributed by atoms with Gasteiger partial charge in [0.2, 0.25) is 0 Å². The number of aromatic nitrogens is 1. The van der Waals surface area contributed by atoms with Gasteiger partial charge >= 0.3 is 0 Å². The maximum atomic E-state index is 4.58. The van der Waals surface area contributed by atoms with Crippen LogP contribution in [0.1, 0.15) is 26.3 Å². The van der Waals surface area contributed by atoms with Gasteiger partial charge in [0.15, 0.2) is 0 Å². The molecule has 1 nitrogen and oxygen atoms in total. The van der Waals surface area contributed by atoms with E-state index >= 15 is 0 Å². The Morgan fingerprint density at radius 3 is 2.44 bits per heavy atom. The van der Waals surface area contributed by atoms with Crippen molar-refractivity contribution in [3.63, 3.8) is 0 Å². The van der Waals surface area contributed by atoms with Crippen molar-refractivity contribution in [3.05, 3.63) is 54.2 Å². The summed E-state index contributed by atoms with van der Waals surface area (Å²) in [4.78, 5) is 4.58. The van der Waals surface area contributed by atoms with Gasteiger partial charge in [-0.2, -0.15) is 0 Å². The van der Waals surface area contributed by atoms with Crippen LogP contribution in [0.5, 0.6) is 0 Å². The molecule has 0 saturated heterocycles. The highest BCUT2D eigenvalue weighted by Crippen LogP contribution is 2.28. The molecule has 18 heavy (non-hydrogen) atoms. The van der Waals surface area contributed by atoms with Crippen molar-refractivity contribution in [3.8, 4) is 0 Å². The van der Waals surface area contributed by atoms with Gasteiger partial charge in [-0.3, -0.25) is 4.98 Å². The molecule has 0 radical (unpaired) electrons. The average Bonchev–Trinajstić information content (AvgIpc) is 2.37. The SMILES string of the molecule is CC(C)(C)c1ccc2c(c1)ncc1ccccc12. The molecular weight excluding hydrogens is 218 g/mol. The molecule has 0 aliphatic rings. The van der Waals surface area contributed by atoms with Gasteiger partial charge in [0.1, 0.15) is 0 Å². The van der Waals surface area contributed by atoms with E-state index in [-0.39, 0.29) is 5.41 Å². The summed E-state index contributed by atoms with van der Waals surface area (Å²) in [6, 6.07) is 15.0. The summed E-state index contributed by atoms with van der Waals surface area (Å²) in [5, 5.41) is 3.72. The van der Waals surface area contributed by atoms with E-state index in [0.717, 1.165) is 5.52 Å². The molecule has 2 aromatic carbocycles. The summed E-state index contributed by atoms with van der Waals surface area (Å²) in [5.74, 6) is 0. The number of nitrogens with zero attached hydrogens (tertiary/aromatic N) is 1. The van der Waals surface area contributed by atoms with Crippen molar-refractivity contribution in [2.45, 2.75) is 26.2 Å². The molecule has 0 spiro atoms. The van der Waals surface area contributed by atoms with Gasteiger partial charge in [0.05, 0.1) is 5.52 Å². The first kappa shape index (κ1) is 11.2. The first-order valence-corrected chi connectivity index (χ1v) is 6.34. The van der Waals surface area contributed by atoms with Crippen LogP contribution in [-0.2, 0) is 5.41 Å². The standard InChI is InChI=1S/C17H17N/c1-17(2,3)13-8-9-15-14-7-5-4-6-12(14)11-18-16(15)10-13/h4-11H,1-3H3. The van der Waals surface area contributed by atoms with Crippen LogP contribution >= 0.6 is 0 Å². The van der Waals surface area contributed by atoms with E-state index in [1.165, 1.54) is 21.7 Å². The summed E-state index contributed by atoms with van der Waals surface area (Å²) in [6.07, 6.45) is 1.96. The maximum Gasteiger partial charge on any atom is 0.0711 e. The molecule has 0 fully saturated rings. The maximum absolute atomic E-state index is 4.58. The van der Waals surface area contributed by atoms with E-state index in [1.54, 1.807) is 0 Å². The van der Waals surface area contributed by atoms with Gasteiger partial charge in [-0.1, -0.05) is 57.2 Å². The summed E-state index contributed by atoms with van der Waals surface area (Å²) in [7, 11) is 0. The number of hydrogen-bond acceptors (Lipinski definition) is 1. The third kappa shape index (κ3) is 1.76. The predicted octanol–water partition coefficient (Wildman–Crippen LogP) is 4.69. The van der Waals surface area contributed by atoms with E-state index in [0.29, 0.717) is 0 Å². The van der Waals surface area contributed by atoms with E-state index < -0.39 is 0 Å². The van der Waals surface area contributed by atoms with E-state index in [4.69, 9.17) is 0 Å². The Hall–Kier alpha value is -1.89. The zero-order valence-corrected chi connectivity index (χ0v) is 11.1. The molecule has 0 unspecified atom stereocenters. The average molecular weight is 235 g/mol. The van der Waals surface area contributed by atoms with Crippen LogP contribution in [0.4, 0.5) is 0 Å². The number of fused-ring (bicyclic) bond motifs is 3. The molecule has 0 atom stereocenters. The largest absolute Gasteiger partial charge is 0.256 e. The van der Waals surface area contributed by atoms with Gasteiger partial charge in [-0.25, -0.2) is 0 Å². The van der Waals surface area contributed by atoms with Crippen molar-refractivity contribution >= 4 is 21.7 Å². The summed E-state index contributed by atoms with van der Waals surface area (Å²) in [5.41, 5.74) is 2.58. The number of hydrogen-bond donors (Lipinski definition) is 0. The fraction of sp³-hybridized carbons (Fsp3) is 0.235. The Labute approximate surface area is 107 Å². The number of benzene rings is 2. The minimum atomic E-state index is 0.168. The first-order valence-electron chi connectivity index (χ1n) is 6.34. The monoisotopic (exact) mass is 235 g/mol. The third-order valence-corrected chi connectivity index (χ3v) is 3.46. The molecule has 0 bridgehead atoms. The van der Waals surface area contributed by atoms with Crippen LogP contribution in [0.15, 0.2) is 48.7 Å². The Kier molecular flexibility index (Phi) is 2.37. The lowest BCUT2D eigenvalue weighted by Crippen LogP contribution is -2.10. The highest BCUT2D eigenvalue weighted by molar-refractivity contribution is 6.05. The smallest absolute Gasteiger partial charge is 0.0711 e. The van der Waals surface area contributed by atoms with Crippen LogP contribution in [0.2, 0.25) is 0 Å². The van der Waals surface area contributed by atoms with Gasteiger partial charge in [-0.15, -0.1) is 0 Å². The van der Waals surface area contributed by atoms with Crippen LogP contribution in [0, 0.1) is 0 Å². The lowest BCUT2D eigenvalue weighted by atomic mass is 9.86. The zero-order chi connectivity index (χ0) is 12.8. The summed E-state index contributed by atoms with van der Waals surface area (Å²) >= 11 is 0. The molecule has 0 saturated carbocycles. The number of pyridine rings is 1. The molecular formula is C17H17N. The molecule has 3 aromatic rings. The van der Waals surface area contributed by atoms with Crippen molar-refractivity contribution < 1.29 is 0 Å². The molecule has 1 heteroatoms. The first-order chi connectivity index (χ1) is 8.55. The van der Waals surface area contributed by atoms with E-state index in [2.05, 4.69) is 68.2 Å². The normalized spacial score (nSPS) is 12.2. The molecule has 1 aromatic heterocycles. The van der Waals surface area contributed by atoms with Crippen LogP contribution in [0.25, 0.3) is 21.7 Å². The van der Waals surface area contributed by atoms with E-state index in [1.807, 2.05) is 6.20 Å². The van der Waals surface area contributed by atoms with Gasteiger partial charge in [-0.05, 0) is 22.4 Å². The topological polar surface area (TPSA) is 12.9 Å². The van der Waals surface area contributed by atoms with Crippen molar-refractivity contribution in [1.82, 2.24) is 4.98 Å². The van der Waals surface area contributed by atoms with Crippen LogP contribution in [-0.4, -0.2) is 4.98 Å². The second-order valence-corrected chi connectivity index (χ2v) is 5.83. The molecule has 1 heterocycles.